The second kappa shape index (κ2) is 5.18. The lowest BCUT2D eigenvalue weighted by Crippen LogP contribution is -2.49. The van der Waals surface area contributed by atoms with Crippen molar-refractivity contribution in [1.82, 2.24) is 5.32 Å². The summed E-state index contributed by atoms with van der Waals surface area (Å²) in [7, 11) is 0. The van der Waals surface area contributed by atoms with E-state index in [9.17, 15) is 9.59 Å². The summed E-state index contributed by atoms with van der Waals surface area (Å²) in [5.41, 5.74) is -0.0632. The van der Waals surface area contributed by atoms with Crippen LogP contribution in [0.15, 0.2) is 15.2 Å². The average molecular weight is 320 g/mol. The lowest BCUT2D eigenvalue weighted by molar-refractivity contribution is -0.142. The van der Waals surface area contributed by atoms with E-state index in [-0.39, 0.29) is 5.91 Å². The second-order valence-electron chi connectivity index (χ2n) is 4.75. The molecule has 4 nitrogen and oxygen atoms in total. The van der Waals surface area contributed by atoms with Gasteiger partial charge in [-0.2, -0.15) is 0 Å². The molecule has 2 N–H and O–H groups in total. The van der Waals surface area contributed by atoms with Gasteiger partial charge in [-0.3, -0.25) is 4.79 Å². The van der Waals surface area contributed by atoms with E-state index in [0.29, 0.717) is 5.56 Å². The van der Waals surface area contributed by atoms with Crippen molar-refractivity contribution in [3.8, 4) is 0 Å². The number of carbonyl (C=O) groups is 2. The lowest BCUT2D eigenvalue weighted by Gasteiger charge is -2.27. The van der Waals surface area contributed by atoms with E-state index >= 15 is 0 Å². The second-order valence-corrected chi connectivity index (χ2v) is 7.04. The molecule has 1 rings (SSSR count). The summed E-state index contributed by atoms with van der Waals surface area (Å²) >= 11 is 4.64. The molecule has 0 aliphatic carbocycles. The van der Waals surface area contributed by atoms with E-state index in [1.54, 1.807) is 32.2 Å². The van der Waals surface area contributed by atoms with Gasteiger partial charge in [-0.15, -0.1) is 11.3 Å². The summed E-state index contributed by atoms with van der Waals surface area (Å²) in [5, 5.41) is 13.3. The molecule has 0 radical (unpaired) electrons. The Bertz CT molecular complexity index is 436. The number of carboxylic acid groups (broad SMARTS) is 1. The number of thiophene rings is 1. The molecule has 6 heteroatoms. The molecule has 0 bridgehead atoms. The van der Waals surface area contributed by atoms with Crippen LogP contribution in [0.2, 0.25) is 0 Å². The predicted octanol–water partition coefficient (Wildman–Crippen LogP) is 2.74. The molecule has 0 aromatic carbocycles. The number of nitrogens with one attached hydrogen (secondary N) is 1. The van der Waals surface area contributed by atoms with Gasteiger partial charge < -0.3 is 10.4 Å². The third-order valence-electron chi connectivity index (χ3n) is 2.22. The highest BCUT2D eigenvalue weighted by Gasteiger charge is 2.32. The Labute approximate surface area is 112 Å². The molecule has 1 heterocycles. The van der Waals surface area contributed by atoms with Gasteiger partial charge in [0.2, 0.25) is 0 Å². The smallest absolute Gasteiger partial charge is 0.326 e. The fourth-order valence-electron chi connectivity index (χ4n) is 1.29. The fraction of sp³-hybridized carbons (Fsp3) is 0.455. The number of halogens is 1. The first-order chi connectivity index (χ1) is 7.71. The molecule has 1 amide bonds. The largest absolute Gasteiger partial charge is 0.480 e. The maximum atomic E-state index is 11.8. The first-order valence-corrected chi connectivity index (χ1v) is 6.67. The van der Waals surface area contributed by atoms with Crippen LogP contribution >= 0.6 is 27.3 Å². The van der Waals surface area contributed by atoms with E-state index in [2.05, 4.69) is 21.2 Å². The van der Waals surface area contributed by atoms with Gasteiger partial charge in [0.05, 0.1) is 9.35 Å². The molecule has 0 aliphatic rings. The number of hydrogen-bond donors (Lipinski definition) is 2. The van der Waals surface area contributed by atoms with E-state index in [1.165, 1.54) is 11.3 Å². The number of carbonyl (C=O) groups excluding carboxylic acids is 1. The molecular weight excluding hydrogens is 306 g/mol. The van der Waals surface area contributed by atoms with Gasteiger partial charge in [0.1, 0.15) is 6.04 Å². The Morgan fingerprint density at radius 2 is 2.06 bits per heavy atom. The molecule has 1 aromatic rings. The molecule has 0 saturated heterocycles. The fourth-order valence-corrected chi connectivity index (χ4v) is 2.43. The standard InChI is InChI=1S/C11H14BrNO3S/c1-11(2,3)8(10(15)16)13-9(14)6-4-7(12)17-5-6/h4-5,8H,1-3H3,(H,13,14)(H,15,16)/t8-/m0/s1. The Morgan fingerprint density at radius 3 is 2.41 bits per heavy atom. The molecule has 0 spiro atoms. The first-order valence-electron chi connectivity index (χ1n) is 4.99. The summed E-state index contributed by atoms with van der Waals surface area (Å²) in [6.07, 6.45) is 0. The van der Waals surface area contributed by atoms with Crippen molar-refractivity contribution in [3.05, 3.63) is 20.8 Å². The molecule has 1 aromatic heterocycles. The number of aliphatic carboxylic acids is 1. The van der Waals surface area contributed by atoms with Gasteiger partial charge in [0.25, 0.3) is 5.91 Å². The van der Waals surface area contributed by atoms with Crippen molar-refractivity contribution in [2.45, 2.75) is 26.8 Å². The molecule has 0 unspecified atom stereocenters. The molecule has 0 aliphatic heterocycles. The van der Waals surface area contributed by atoms with Crippen molar-refractivity contribution >= 4 is 39.1 Å². The Kier molecular flexibility index (Phi) is 4.32. The van der Waals surface area contributed by atoms with Gasteiger partial charge in [-0.05, 0) is 27.4 Å². The predicted molar refractivity (Wildman–Crippen MR) is 70.4 cm³/mol. The van der Waals surface area contributed by atoms with E-state index < -0.39 is 17.4 Å². The van der Waals surface area contributed by atoms with Gasteiger partial charge in [-0.25, -0.2) is 4.79 Å². The number of amides is 1. The van der Waals surface area contributed by atoms with Gasteiger partial charge in [0.15, 0.2) is 0 Å². The van der Waals surface area contributed by atoms with Crippen molar-refractivity contribution < 1.29 is 14.7 Å². The van der Waals surface area contributed by atoms with Crippen LogP contribution in [0.5, 0.6) is 0 Å². The summed E-state index contributed by atoms with van der Waals surface area (Å²) in [4.78, 5) is 22.9. The first kappa shape index (κ1) is 14.2. The zero-order valence-corrected chi connectivity index (χ0v) is 12.2. The molecule has 17 heavy (non-hydrogen) atoms. The molecule has 1 atom stereocenters. The van der Waals surface area contributed by atoms with Crippen LogP contribution in [-0.2, 0) is 4.79 Å². The van der Waals surface area contributed by atoms with Crippen molar-refractivity contribution in [1.29, 1.82) is 0 Å². The quantitative estimate of drug-likeness (QED) is 0.900. The van der Waals surface area contributed by atoms with Crippen LogP contribution in [0.1, 0.15) is 31.1 Å². The van der Waals surface area contributed by atoms with E-state index in [4.69, 9.17) is 5.11 Å². The van der Waals surface area contributed by atoms with Gasteiger partial charge in [-0.1, -0.05) is 20.8 Å². The van der Waals surface area contributed by atoms with Crippen LogP contribution in [0.4, 0.5) is 0 Å². The van der Waals surface area contributed by atoms with E-state index in [0.717, 1.165) is 3.79 Å². The summed E-state index contributed by atoms with van der Waals surface area (Å²) in [6, 6.07) is 0.760. The maximum absolute atomic E-state index is 11.8. The Hall–Kier alpha value is -0.880. The van der Waals surface area contributed by atoms with Crippen molar-refractivity contribution in [3.63, 3.8) is 0 Å². The Morgan fingerprint density at radius 1 is 1.47 bits per heavy atom. The lowest BCUT2D eigenvalue weighted by atomic mass is 9.86. The Balaban J connectivity index is 2.82. The number of carboxylic acids is 1. The minimum atomic E-state index is -1.03. The highest BCUT2D eigenvalue weighted by molar-refractivity contribution is 9.11. The minimum Gasteiger partial charge on any atom is -0.480 e. The van der Waals surface area contributed by atoms with Gasteiger partial charge in [0, 0.05) is 5.38 Å². The zero-order chi connectivity index (χ0) is 13.2. The molecule has 0 fully saturated rings. The monoisotopic (exact) mass is 319 g/mol. The minimum absolute atomic E-state index is 0.366. The maximum Gasteiger partial charge on any atom is 0.326 e. The third kappa shape index (κ3) is 3.81. The third-order valence-corrected chi connectivity index (χ3v) is 3.72. The highest BCUT2D eigenvalue weighted by Crippen LogP contribution is 2.23. The van der Waals surface area contributed by atoms with Gasteiger partial charge >= 0.3 is 5.97 Å². The van der Waals surface area contributed by atoms with Crippen LogP contribution < -0.4 is 5.32 Å². The topological polar surface area (TPSA) is 66.4 Å². The van der Waals surface area contributed by atoms with E-state index in [1.807, 2.05) is 0 Å². The highest BCUT2D eigenvalue weighted by atomic mass is 79.9. The average Bonchev–Trinajstić information content (AvgIpc) is 2.58. The molecule has 0 saturated carbocycles. The summed E-state index contributed by atoms with van der Waals surface area (Å²) in [5.74, 6) is -1.39. The molecular formula is C11H14BrNO3S. The number of rotatable bonds is 3. The number of hydrogen-bond acceptors (Lipinski definition) is 3. The SMILES string of the molecule is CC(C)(C)[C@@H](NC(=O)c1csc(Br)c1)C(=O)O. The summed E-state index contributed by atoms with van der Waals surface area (Å²) in [6.45, 7) is 5.32. The molecule has 94 valence electrons. The van der Waals surface area contributed by atoms with Crippen LogP contribution in [-0.4, -0.2) is 23.0 Å². The van der Waals surface area contributed by atoms with Crippen LogP contribution in [0.25, 0.3) is 0 Å². The zero-order valence-electron chi connectivity index (χ0n) is 9.78. The summed E-state index contributed by atoms with van der Waals surface area (Å²) < 4.78 is 0.838. The normalized spacial score (nSPS) is 13.2. The van der Waals surface area contributed by atoms with Crippen molar-refractivity contribution in [2.75, 3.05) is 0 Å². The van der Waals surface area contributed by atoms with Crippen molar-refractivity contribution in [2.24, 2.45) is 5.41 Å². The van der Waals surface area contributed by atoms with Crippen LogP contribution in [0.3, 0.4) is 0 Å². The van der Waals surface area contributed by atoms with Crippen LogP contribution in [0, 0.1) is 5.41 Å².